The number of hydrogen-bond donors (Lipinski definition) is 1. The number of benzene rings is 1. The van der Waals surface area contributed by atoms with Gasteiger partial charge in [-0.2, -0.15) is 11.8 Å². The van der Waals surface area contributed by atoms with E-state index in [4.69, 9.17) is 0 Å². The molecular formula is C16H24N2O2S2. The van der Waals surface area contributed by atoms with Gasteiger partial charge in [0.15, 0.2) is 0 Å². The van der Waals surface area contributed by atoms with Crippen LogP contribution in [0.15, 0.2) is 24.3 Å². The molecule has 1 fully saturated rings. The van der Waals surface area contributed by atoms with Crippen molar-refractivity contribution in [1.82, 2.24) is 4.90 Å². The van der Waals surface area contributed by atoms with Crippen LogP contribution in [-0.4, -0.2) is 44.5 Å². The normalized spacial score (nSPS) is 17.1. The minimum atomic E-state index is -0.939. The molecule has 1 aliphatic rings. The van der Waals surface area contributed by atoms with Crippen LogP contribution in [0.1, 0.15) is 26.3 Å². The van der Waals surface area contributed by atoms with Crippen LogP contribution in [0.3, 0.4) is 0 Å². The summed E-state index contributed by atoms with van der Waals surface area (Å²) in [5, 5.41) is 2.94. The zero-order chi connectivity index (χ0) is 16.2. The van der Waals surface area contributed by atoms with Crippen molar-refractivity contribution >= 4 is 34.3 Å². The van der Waals surface area contributed by atoms with Crippen molar-refractivity contribution in [2.75, 3.05) is 29.9 Å². The summed E-state index contributed by atoms with van der Waals surface area (Å²) in [4.78, 5) is 14.0. The van der Waals surface area contributed by atoms with Crippen LogP contribution in [0.25, 0.3) is 0 Å². The lowest BCUT2D eigenvalue weighted by molar-refractivity contribution is 0.217. The molecule has 0 aromatic heterocycles. The zero-order valence-corrected chi connectivity index (χ0v) is 15.1. The summed E-state index contributed by atoms with van der Waals surface area (Å²) in [7, 11) is -0.939. The largest absolute Gasteiger partial charge is 0.323 e. The van der Waals surface area contributed by atoms with Gasteiger partial charge in [0.05, 0.1) is 0 Å². The lowest BCUT2D eigenvalue weighted by Gasteiger charge is -2.26. The van der Waals surface area contributed by atoms with E-state index < -0.39 is 10.8 Å². The number of hydrogen-bond acceptors (Lipinski definition) is 3. The van der Waals surface area contributed by atoms with Gasteiger partial charge >= 0.3 is 6.03 Å². The van der Waals surface area contributed by atoms with E-state index >= 15 is 0 Å². The predicted molar refractivity (Wildman–Crippen MR) is 96.0 cm³/mol. The van der Waals surface area contributed by atoms with Crippen LogP contribution in [0.4, 0.5) is 10.5 Å². The van der Waals surface area contributed by atoms with Gasteiger partial charge in [-0.05, 0) is 38.5 Å². The molecule has 1 heterocycles. The standard InChI is InChI=1S/C16H24N2O2S2/c1-16(2,3)22(20)12-13-5-4-6-14(11-13)17-15(19)18-7-9-21-10-8-18/h4-6,11H,7-10,12H2,1-3H3,(H,17,19)/t22-/m1/s1. The second-order valence-electron chi connectivity index (χ2n) is 6.33. The highest BCUT2D eigenvalue weighted by Gasteiger charge is 2.20. The van der Waals surface area contributed by atoms with Gasteiger partial charge in [0, 0.05) is 51.6 Å². The van der Waals surface area contributed by atoms with E-state index in [-0.39, 0.29) is 10.8 Å². The fourth-order valence-electron chi connectivity index (χ4n) is 2.08. The molecule has 2 rings (SSSR count). The fourth-order valence-corrected chi connectivity index (χ4v) is 3.89. The highest BCUT2D eigenvalue weighted by atomic mass is 32.2. The molecule has 1 aromatic carbocycles. The van der Waals surface area contributed by atoms with Crippen LogP contribution in [0.5, 0.6) is 0 Å². The highest BCUT2D eigenvalue weighted by Crippen LogP contribution is 2.19. The summed E-state index contributed by atoms with van der Waals surface area (Å²) >= 11 is 1.88. The van der Waals surface area contributed by atoms with Crippen LogP contribution in [-0.2, 0) is 16.6 Å². The zero-order valence-electron chi connectivity index (χ0n) is 13.4. The predicted octanol–water partition coefficient (Wildman–Crippen LogP) is 3.31. The fraction of sp³-hybridized carbons (Fsp3) is 0.562. The molecule has 1 N–H and O–H groups in total. The average molecular weight is 341 g/mol. The minimum absolute atomic E-state index is 0.0469. The van der Waals surface area contributed by atoms with E-state index in [9.17, 15) is 9.00 Å². The molecule has 0 aliphatic carbocycles. The number of carbonyl (C=O) groups is 1. The molecular weight excluding hydrogens is 316 g/mol. The summed E-state index contributed by atoms with van der Waals surface area (Å²) in [6.07, 6.45) is 0. The Morgan fingerprint density at radius 2 is 2.00 bits per heavy atom. The number of urea groups is 1. The van der Waals surface area contributed by atoms with Crippen LogP contribution in [0.2, 0.25) is 0 Å². The smallest absolute Gasteiger partial charge is 0.321 e. The Morgan fingerprint density at radius 1 is 1.32 bits per heavy atom. The molecule has 1 atom stereocenters. The van der Waals surface area contributed by atoms with Crippen LogP contribution >= 0.6 is 11.8 Å². The number of rotatable bonds is 3. The molecule has 1 aromatic rings. The van der Waals surface area contributed by atoms with Crippen molar-refractivity contribution in [3.63, 3.8) is 0 Å². The van der Waals surface area contributed by atoms with E-state index in [1.54, 1.807) is 0 Å². The first kappa shape index (κ1) is 17.3. The third-order valence-corrected chi connectivity index (χ3v) is 6.36. The van der Waals surface area contributed by atoms with Crippen molar-refractivity contribution in [2.45, 2.75) is 31.3 Å². The number of carbonyl (C=O) groups excluding carboxylic acids is 1. The van der Waals surface area contributed by atoms with Crippen molar-refractivity contribution in [2.24, 2.45) is 0 Å². The summed E-state index contributed by atoms with van der Waals surface area (Å²) in [5.74, 6) is 2.50. The average Bonchev–Trinajstić information content (AvgIpc) is 2.47. The Balaban J connectivity index is 1.99. The minimum Gasteiger partial charge on any atom is -0.323 e. The van der Waals surface area contributed by atoms with Crippen molar-refractivity contribution in [3.8, 4) is 0 Å². The summed E-state index contributed by atoms with van der Waals surface area (Å²) in [5.41, 5.74) is 1.76. The molecule has 1 saturated heterocycles. The Hall–Kier alpha value is -1.01. The van der Waals surface area contributed by atoms with Crippen molar-refractivity contribution in [1.29, 1.82) is 0 Å². The molecule has 22 heavy (non-hydrogen) atoms. The number of nitrogens with zero attached hydrogens (tertiary/aromatic N) is 1. The first-order valence-electron chi connectivity index (χ1n) is 7.47. The maximum absolute atomic E-state index is 12.2. The molecule has 4 nitrogen and oxygen atoms in total. The monoisotopic (exact) mass is 340 g/mol. The van der Waals surface area contributed by atoms with E-state index in [1.165, 1.54) is 0 Å². The molecule has 0 radical (unpaired) electrons. The first-order chi connectivity index (χ1) is 10.4. The van der Waals surface area contributed by atoms with Gasteiger partial charge in [-0.15, -0.1) is 0 Å². The molecule has 122 valence electrons. The van der Waals surface area contributed by atoms with Gasteiger partial charge in [0.1, 0.15) is 0 Å². The lowest BCUT2D eigenvalue weighted by atomic mass is 10.2. The quantitative estimate of drug-likeness (QED) is 0.918. The number of amides is 2. The molecule has 0 bridgehead atoms. The van der Waals surface area contributed by atoms with Gasteiger partial charge in [0.25, 0.3) is 0 Å². The van der Waals surface area contributed by atoms with Gasteiger partial charge < -0.3 is 10.2 Å². The second kappa shape index (κ2) is 7.51. The van der Waals surface area contributed by atoms with Gasteiger partial charge in [-0.1, -0.05) is 12.1 Å². The molecule has 1 aliphatic heterocycles. The maximum Gasteiger partial charge on any atom is 0.321 e. The molecule has 2 amide bonds. The summed E-state index contributed by atoms with van der Waals surface area (Å²) < 4.78 is 12.0. The van der Waals surface area contributed by atoms with Crippen LogP contribution in [0, 0.1) is 0 Å². The van der Waals surface area contributed by atoms with E-state index in [1.807, 2.05) is 61.7 Å². The Morgan fingerprint density at radius 3 is 2.64 bits per heavy atom. The van der Waals surface area contributed by atoms with Crippen LogP contribution < -0.4 is 5.32 Å². The van der Waals surface area contributed by atoms with Gasteiger partial charge in [-0.25, -0.2) is 4.79 Å². The third kappa shape index (κ3) is 5.02. The molecule has 6 heteroatoms. The van der Waals surface area contributed by atoms with Crippen molar-refractivity contribution < 1.29 is 9.00 Å². The highest BCUT2D eigenvalue weighted by molar-refractivity contribution is 7.99. The van der Waals surface area contributed by atoms with E-state index in [0.29, 0.717) is 5.75 Å². The summed E-state index contributed by atoms with van der Waals surface area (Å²) in [6.45, 7) is 7.52. The molecule has 0 unspecified atom stereocenters. The maximum atomic E-state index is 12.2. The van der Waals surface area contributed by atoms with Gasteiger partial charge in [0.2, 0.25) is 0 Å². The molecule has 0 saturated carbocycles. The Kier molecular flexibility index (Phi) is 5.92. The third-order valence-electron chi connectivity index (χ3n) is 3.46. The molecule has 0 spiro atoms. The number of anilines is 1. The second-order valence-corrected chi connectivity index (χ2v) is 9.76. The van der Waals surface area contributed by atoms with E-state index in [0.717, 1.165) is 35.8 Å². The van der Waals surface area contributed by atoms with Crippen molar-refractivity contribution in [3.05, 3.63) is 29.8 Å². The first-order valence-corrected chi connectivity index (χ1v) is 9.95. The summed E-state index contributed by atoms with van der Waals surface area (Å²) in [6, 6.07) is 7.60. The lowest BCUT2D eigenvalue weighted by Crippen LogP contribution is -2.40. The Bertz CT molecular complexity index is 549. The topological polar surface area (TPSA) is 49.4 Å². The number of nitrogens with one attached hydrogen (secondary N) is 1. The Labute approximate surface area is 139 Å². The van der Waals surface area contributed by atoms with E-state index in [2.05, 4.69) is 5.32 Å². The SMILES string of the molecule is CC(C)(C)[S@](=O)Cc1cccc(NC(=O)N2CCSCC2)c1. The van der Waals surface area contributed by atoms with Gasteiger partial charge in [-0.3, -0.25) is 4.21 Å². The number of thioether (sulfide) groups is 1.